The van der Waals surface area contributed by atoms with E-state index in [1.807, 2.05) is 24.3 Å². The van der Waals surface area contributed by atoms with Gasteiger partial charge in [0.2, 0.25) is 5.75 Å². The molecule has 5 nitrogen and oxygen atoms in total. The number of aliphatic hydroxyl groups excluding tert-OH is 1. The van der Waals surface area contributed by atoms with Crippen LogP contribution in [-0.2, 0) is 19.4 Å². The molecule has 1 aliphatic carbocycles. The molecule has 31 heavy (non-hydrogen) atoms. The molecule has 0 saturated heterocycles. The van der Waals surface area contributed by atoms with Crippen molar-refractivity contribution in [2.75, 3.05) is 21.3 Å². The first-order valence-electron chi connectivity index (χ1n) is 10.8. The summed E-state index contributed by atoms with van der Waals surface area (Å²) in [6.45, 7) is 0.748. The molecule has 0 radical (unpaired) electrons. The second kappa shape index (κ2) is 9.48. The second-order valence-electron chi connectivity index (χ2n) is 8.32. The zero-order chi connectivity index (χ0) is 21.8. The number of aromatic nitrogens is 1. The van der Waals surface area contributed by atoms with Gasteiger partial charge in [0.15, 0.2) is 11.5 Å². The Hall–Kier alpha value is -2.92. The zero-order valence-electron chi connectivity index (χ0n) is 18.5. The minimum atomic E-state index is -0.653. The average molecular weight is 422 g/mol. The van der Waals surface area contributed by atoms with Gasteiger partial charge < -0.3 is 23.9 Å². The van der Waals surface area contributed by atoms with Crippen LogP contribution in [0.2, 0.25) is 0 Å². The number of rotatable bonds is 9. The Morgan fingerprint density at radius 1 is 0.903 bits per heavy atom. The van der Waals surface area contributed by atoms with E-state index in [0.717, 1.165) is 31.4 Å². The van der Waals surface area contributed by atoms with Crippen LogP contribution >= 0.6 is 0 Å². The normalized spacial score (nSPS) is 15.4. The summed E-state index contributed by atoms with van der Waals surface area (Å²) in [5, 5.41) is 11.5. The summed E-state index contributed by atoms with van der Waals surface area (Å²) in [6.07, 6.45) is 6.53. The highest BCUT2D eigenvalue weighted by atomic mass is 16.5. The number of ether oxygens (including phenoxy) is 3. The first kappa shape index (κ1) is 21.3. The van der Waals surface area contributed by atoms with Gasteiger partial charge in [0.05, 0.1) is 27.4 Å². The third-order valence-corrected chi connectivity index (χ3v) is 6.36. The lowest BCUT2D eigenvalue weighted by Gasteiger charge is -2.27. The lowest BCUT2D eigenvalue weighted by Crippen LogP contribution is -2.22. The molecular weight excluding hydrogens is 390 g/mol. The molecule has 0 bridgehead atoms. The monoisotopic (exact) mass is 421 g/mol. The van der Waals surface area contributed by atoms with Gasteiger partial charge in [-0.05, 0) is 66.1 Å². The van der Waals surface area contributed by atoms with E-state index >= 15 is 0 Å². The molecule has 0 aliphatic heterocycles. The van der Waals surface area contributed by atoms with Crippen molar-refractivity contribution in [2.24, 2.45) is 11.8 Å². The van der Waals surface area contributed by atoms with E-state index in [0.29, 0.717) is 23.2 Å². The Morgan fingerprint density at radius 3 is 2.00 bits per heavy atom. The molecule has 5 heteroatoms. The molecule has 1 aromatic heterocycles. The number of nitrogens with zero attached hydrogens (tertiary/aromatic N) is 1. The van der Waals surface area contributed by atoms with Crippen molar-refractivity contribution < 1.29 is 19.3 Å². The smallest absolute Gasteiger partial charge is 0.203 e. The number of hydrogen-bond donors (Lipinski definition) is 1. The van der Waals surface area contributed by atoms with Crippen molar-refractivity contribution in [3.05, 3.63) is 77.6 Å². The van der Waals surface area contributed by atoms with E-state index < -0.39 is 6.10 Å². The molecular formula is C26H31NO4. The van der Waals surface area contributed by atoms with Crippen LogP contribution < -0.4 is 14.2 Å². The number of hydrogen-bond acceptors (Lipinski definition) is 4. The molecule has 1 N–H and O–H groups in total. The van der Waals surface area contributed by atoms with Gasteiger partial charge in [0, 0.05) is 24.9 Å². The van der Waals surface area contributed by atoms with Crippen LogP contribution in [0.3, 0.4) is 0 Å². The van der Waals surface area contributed by atoms with Crippen molar-refractivity contribution in [3.63, 3.8) is 0 Å². The molecule has 3 aromatic rings. The minimum absolute atomic E-state index is 0.0505. The predicted molar refractivity (Wildman–Crippen MR) is 121 cm³/mol. The van der Waals surface area contributed by atoms with Crippen molar-refractivity contribution in [1.29, 1.82) is 0 Å². The standard InChI is InChI=1S/C26H31NO4/c1-29-23-15-21(16-24(30-2)26(23)31-3)25(28)22(17-27-10-6-7-11-27)14-18-12-19-8-4-5-9-20(19)13-18/h4-11,15-16,18,22,25,28H,12-14,17H2,1-3H3/t22-,25-/m1/s1. The molecule has 0 spiro atoms. The predicted octanol–water partition coefficient (Wildman–Crippen LogP) is 4.67. The van der Waals surface area contributed by atoms with Crippen LogP contribution in [0.5, 0.6) is 17.2 Å². The van der Waals surface area contributed by atoms with E-state index in [1.165, 1.54) is 11.1 Å². The second-order valence-corrected chi connectivity index (χ2v) is 8.32. The highest BCUT2D eigenvalue weighted by Crippen LogP contribution is 2.42. The zero-order valence-corrected chi connectivity index (χ0v) is 18.5. The van der Waals surface area contributed by atoms with Gasteiger partial charge >= 0.3 is 0 Å². The summed E-state index contributed by atoms with van der Waals surface area (Å²) in [5.41, 5.74) is 3.66. The van der Waals surface area contributed by atoms with Gasteiger partial charge in [-0.25, -0.2) is 0 Å². The Bertz CT molecular complexity index is 948. The van der Waals surface area contributed by atoms with Crippen LogP contribution in [0.15, 0.2) is 60.9 Å². The summed E-state index contributed by atoms with van der Waals surface area (Å²) in [6, 6.07) is 16.4. The summed E-state index contributed by atoms with van der Waals surface area (Å²) < 4.78 is 18.6. The summed E-state index contributed by atoms with van der Waals surface area (Å²) in [4.78, 5) is 0. The van der Waals surface area contributed by atoms with Crippen LogP contribution in [0.4, 0.5) is 0 Å². The number of fused-ring (bicyclic) bond motifs is 1. The van der Waals surface area contributed by atoms with Crippen LogP contribution in [-0.4, -0.2) is 31.0 Å². The van der Waals surface area contributed by atoms with Crippen molar-refractivity contribution in [3.8, 4) is 17.2 Å². The van der Waals surface area contributed by atoms with E-state index in [1.54, 1.807) is 21.3 Å². The topological polar surface area (TPSA) is 52.9 Å². The van der Waals surface area contributed by atoms with Crippen LogP contribution in [0.25, 0.3) is 0 Å². The largest absolute Gasteiger partial charge is 0.493 e. The molecule has 2 atom stereocenters. The maximum atomic E-state index is 11.5. The van der Waals surface area contributed by atoms with Crippen molar-refractivity contribution in [2.45, 2.75) is 31.9 Å². The highest BCUT2D eigenvalue weighted by Gasteiger charge is 2.30. The summed E-state index contributed by atoms with van der Waals surface area (Å²) in [5.74, 6) is 2.23. The van der Waals surface area contributed by atoms with Crippen LogP contribution in [0, 0.1) is 11.8 Å². The fraction of sp³-hybridized carbons (Fsp3) is 0.385. The number of benzene rings is 2. The maximum absolute atomic E-state index is 11.5. The Balaban J connectivity index is 1.61. The third-order valence-electron chi connectivity index (χ3n) is 6.36. The summed E-state index contributed by atoms with van der Waals surface area (Å²) >= 11 is 0. The number of aliphatic hydroxyl groups is 1. The molecule has 0 unspecified atom stereocenters. The van der Waals surface area contributed by atoms with Crippen molar-refractivity contribution in [1.82, 2.24) is 4.57 Å². The first-order chi connectivity index (χ1) is 15.1. The van der Waals surface area contributed by atoms with Gasteiger partial charge in [-0.15, -0.1) is 0 Å². The number of methoxy groups -OCH3 is 3. The van der Waals surface area contributed by atoms with E-state index in [4.69, 9.17) is 14.2 Å². The Morgan fingerprint density at radius 2 is 1.48 bits per heavy atom. The molecule has 4 rings (SSSR count). The van der Waals surface area contributed by atoms with Crippen LogP contribution in [0.1, 0.15) is 29.2 Å². The molecule has 1 heterocycles. The average Bonchev–Trinajstić information content (AvgIpc) is 3.46. The van der Waals surface area contributed by atoms with Gasteiger partial charge in [-0.3, -0.25) is 0 Å². The lowest BCUT2D eigenvalue weighted by atomic mass is 9.85. The Kier molecular flexibility index (Phi) is 6.52. The van der Waals surface area contributed by atoms with E-state index in [-0.39, 0.29) is 5.92 Å². The maximum Gasteiger partial charge on any atom is 0.203 e. The quantitative estimate of drug-likeness (QED) is 0.546. The molecule has 2 aromatic carbocycles. The van der Waals surface area contributed by atoms with E-state index in [9.17, 15) is 5.11 Å². The van der Waals surface area contributed by atoms with Gasteiger partial charge in [-0.2, -0.15) is 0 Å². The molecule has 0 fully saturated rings. The molecule has 1 aliphatic rings. The third kappa shape index (κ3) is 4.57. The lowest BCUT2D eigenvalue weighted by molar-refractivity contribution is 0.0815. The van der Waals surface area contributed by atoms with Gasteiger partial charge in [0.1, 0.15) is 0 Å². The first-order valence-corrected chi connectivity index (χ1v) is 10.8. The van der Waals surface area contributed by atoms with Crippen molar-refractivity contribution >= 4 is 0 Å². The Labute approximate surface area is 184 Å². The molecule has 0 amide bonds. The van der Waals surface area contributed by atoms with Gasteiger partial charge in [-0.1, -0.05) is 24.3 Å². The van der Waals surface area contributed by atoms with E-state index in [2.05, 4.69) is 41.2 Å². The van der Waals surface area contributed by atoms with Gasteiger partial charge in [0.25, 0.3) is 0 Å². The molecule has 164 valence electrons. The fourth-order valence-corrected chi connectivity index (χ4v) is 4.86. The minimum Gasteiger partial charge on any atom is -0.493 e. The summed E-state index contributed by atoms with van der Waals surface area (Å²) in [7, 11) is 4.78. The SMILES string of the molecule is COc1cc([C@@H](O)[C@H](CC2Cc3ccccc3C2)Cn2cccc2)cc(OC)c1OC. The highest BCUT2D eigenvalue weighted by molar-refractivity contribution is 5.54. The fourth-order valence-electron chi connectivity index (χ4n) is 4.86. The molecule has 0 saturated carbocycles.